The van der Waals surface area contributed by atoms with Gasteiger partial charge in [-0.15, -0.1) is 0 Å². The van der Waals surface area contributed by atoms with E-state index in [2.05, 4.69) is 0 Å². The lowest BCUT2D eigenvalue weighted by Crippen LogP contribution is -1.87. The SMILES string of the molecule is Nc1cc(F)cc(-c2ccoc2)c1. The molecule has 2 aromatic rings. The first-order valence-corrected chi connectivity index (χ1v) is 3.84. The van der Waals surface area contributed by atoms with Crippen molar-refractivity contribution in [3.05, 3.63) is 42.6 Å². The molecular formula is C10H8FNO. The summed E-state index contributed by atoms with van der Waals surface area (Å²) in [5.41, 5.74) is 7.46. The van der Waals surface area contributed by atoms with Gasteiger partial charge >= 0.3 is 0 Å². The van der Waals surface area contributed by atoms with Gasteiger partial charge in [0.05, 0.1) is 12.5 Å². The molecule has 3 heteroatoms. The van der Waals surface area contributed by atoms with Crippen LogP contribution in [0.1, 0.15) is 0 Å². The summed E-state index contributed by atoms with van der Waals surface area (Å²) in [5, 5.41) is 0. The van der Waals surface area contributed by atoms with Crippen molar-refractivity contribution in [3.63, 3.8) is 0 Å². The second-order valence-corrected chi connectivity index (χ2v) is 2.79. The molecule has 0 saturated carbocycles. The summed E-state index contributed by atoms with van der Waals surface area (Å²) in [6.45, 7) is 0. The average Bonchev–Trinajstić information content (AvgIpc) is 2.53. The summed E-state index contributed by atoms with van der Waals surface area (Å²) in [7, 11) is 0. The smallest absolute Gasteiger partial charge is 0.125 e. The van der Waals surface area contributed by atoms with Gasteiger partial charge in [0.2, 0.25) is 0 Å². The topological polar surface area (TPSA) is 39.2 Å². The van der Waals surface area contributed by atoms with E-state index in [1.54, 1.807) is 18.4 Å². The summed E-state index contributed by atoms with van der Waals surface area (Å²) < 4.78 is 17.8. The molecule has 0 aliphatic heterocycles. The Morgan fingerprint density at radius 2 is 2.00 bits per heavy atom. The van der Waals surface area contributed by atoms with E-state index in [4.69, 9.17) is 10.2 Å². The van der Waals surface area contributed by atoms with Crippen LogP contribution < -0.4 is 5.73 Å². The molecule has 0 aliphatic rings. The molecule has 1 aromatic heterocycles. The summed E-state index contributed by atoms with van der Waals surface area (Å²) >= 11 is 0. The van der Waals surface area contributed by atoms with E-state index < -0.39 is 0 Å². The Hall–Kier alpha value is -1.77. The van der Waals surface area contributed by atoms with Gasteiger partial charge in [0.1, 0.15) is 5.82 Å². The Morgan fingerprint density at radius 1 is 1.15 bits per heavy atom. The van der Waals surface area contributed by atoms with Gasteiger partial charge in [0.15, 0.2) is 0 Å². The van der Waals surface area contributed by atoms with E-state index in [9.17, 15) is 4.39 Å². The van der Waals surface area contributed by atoms with Crippen LogP contribution in [0.25, 0.3) is 11.1 Å². The van der Waals surface area contributed by atoms with Crippen LogP contribution in [-0.4, -0.2) is 0 Å². The van der Waals surface area contributed by atoms with E-state index >= 15 is 0 Å². The van der Waals surface area contributed by atoms with Gasteiger partial charge in [-0.1, -0.05) is 0 Å². The second kappa shape index (κ2) is 2.94. The maximum atomic E-state index is 12.9. The van der Waals surface area contributed by atoms with Gasteiger partial charge in [-0.25, -0.2) is 4.39 Å². The van der Waals surface area contributed by atoms with E-state index in [0.29, 0.717) is 5.69 Å². The predicted octanol–water partition coefficient (Wildman–Crippen LogP) is 2.67. The number of hydrogen-bond donors (Lipinski definition) is 1. The zero-order valence-corrected chi connectivity index (χ0v) is 6.83. The highest BCUT2D eigenvalue weighted by atomic mass is 19.1. The summed E-state index contributed by atoms with van der Waals surface area (Å²) in [6, 6.07) is 6.16. The second-order valence-electron chi connectivity index (χ2n) is 2.79. The molecule has 2 rings (SSSR count). The average molecular weight is 177 g/mol. The lowest BCUT2D eigenvalue weighted by Gasteiger charge is -1.99. The largest absolute Gasteiger partial charge is 0.472 e. The molecule has 0 fully saturated rings. The number of benzene rings is 1. The number of halogens is 1. The number of rotatable bonds is 1. The van der Waals surface area contributed by atoms with Crippen molar-refractivity contribution < 1.29 is 8.81 Å². The molecule has 0 saturated heterocycles. The van der Waals surface area contributed by atoms with Gasteiger partial charge in [-0.05, 0) is 29.8 Å². The van der Waals surface area contributed by atoms with Crippen LogP contribution in [0, 0.1) is 5.82 Å². The zero-order chi connectivity index (χ0) is 9.26. The van der Waals surface area contributed by atoms with E-state index in [-0.39, 0.29) is 5.82 Å². The Labute approximate surface area is 74.8 Å². The fourth-order valence-electron chi connectivity index (χ4n) is 1.21. The number of nitrogen functional groups attached to an aromatic ring is 1. The predicted molar refractivity (Wildman–Crippen MR) is 48.5 cm³/mol. The standard InChI is InChI=1S/C10H8FNO/c11-9-3-8(4-10(12)5-9)7-1-2-13-6-7/h1-6H,12H2. The molecule has 0 radical (unpaired) electrons. The number of furan rings is 1. The third-order valence-corrected chi connectivity index (χ3v) is 1.77. The van der Waals surface area contributed by atoms with Crippen molar-refractivity contribution in [2.45, 2.75) is 0 Å². The molecule has 13 heavy (non-hydrogen) atoms. The van der Waals surface area contributed by atoms with Crippen LogP contribution in [0.3, 0.4) is 0 Å². The molecule has 2 nitrogen and oxygen atoms in total. The van der Waals surface area contributed by atoms with Crippen molar-refractivity contribution in [2.24, 2.45) is 0 Å². The van der Waals surface area contributed by atoms with Gasteiger partial charge in [0.25, 0.3) is 0 Å². The minimum Gasteiger partial charge on any atom is -0.472 e. The van der Waals surface area contributed by atoms with Crippen molar-refractivity contribution in [2.75, 3.05) is 5.73 Å². The molecule has 1 heterocycles. The molecule has 0 atom stereocenters. The third-order valence-electron chi connectivity index (χ3n) is 1.77. The lowest BCUT2D eigenvalue weighted by atomic mass is 10.1. The highest BCUT2D eigenvalue weighted by molar-refractivity contribution is 5.66. The first-order valence-electron chi connectivity index (χ1n) is 3.84. The molecule has 0 bridgehead atoms. The highest BCUT2D eigenvalue weighted by Crippen LogP contribution is 2.23. The first-order chi connectivity index (χ1) is 6.25. The van der Waals surface area contributed by atoms with Crippen LogP contribution >= 0.6 is 0 Å². The Balaban J connectivity index is 2.53. The molecule has 1 aromatic carbocycles. The van der Waals surface area contributed by atoms with Gasteiger partial charge in [0, 0.05) is 11.3 Å². The van der Waals surface area contributed by atoms with E-state index in [1.165, 1.54) is 18.4 Å². The molecule has 0 aliphatic carbocycles. The van der Waals surface area contributed by atoms with Crippen molar-refractivity contribution in [1.82, 2.24) is 0 Å². The molecule has 0 amide bonds. The Kier molecular flexibility index (Phi) is 1.77. The number of nitrogens with two attached hydrogens (primary N) is 1. The normalized spacial score (nSPS) is 10.2. The third kappa shape index (κ3) is 1.54. The van der Waals surface area contributed by atoms with E-state index in [1.807, 2.05) is 0 Å². The fraction of sp³-hybridized carbons (Fsp3) is 0. The monoisotopic (exact) mass is 177 g/mol. The van der Waals surface area contributed by atoms with Crippen molar-refractivity contribution in [1.29, 1.82) is 0 Å². The first kappa shape index (κ1) is 7.86. The number of hydrogen-bond acceptors (Lipinski definition) is 2. The minimum absolute atomic E-state index is 0.337. The van der Waals surface area contributed by atoms with Crippen molar-refractivity contribution >= 4 is 5.69 Å². The highest BCUT2D eigenvalue weighted by Gasteiger charge is 2.01. The van der Waals surface area contributed by atoms with Crippen LogP contribution in [0.4, 0.5) is 10.1 Å². The van der Waals surface area contributed by atoms with Gasteiger partial charge < -0.3 is 10.2 Å². The van der Waals surface area contributed by atoms with Crippen molar-refractivity contribution in [3.8, 4) is 11.1 Å². The van der Waals surface area contributed by atoms with Crippen LogP contribution in [0.15, 0.2) is 41.2 Å². The summed E-state index contributed by atoms with van der Waals surface area (Å²) in [6.07, 6.45) is 3.09. The maximum Gasteiger partial charge on any atom is 0.125 e. The number of anilines is 1. The minimum atomic E-state index is -0.337. The maximum absolute atomic E-state index is 12.9. The molecule has 0 spiro atoms. The molecule has 66 valence electrons. The molecule has 0 unspecified atom stereocenters. The lowest BCUT2D eigenvalue weighted by molar-refractivity contribution is 0.568. The van der Waals surface area contributed by atoms with Crippen LogP contribution in [-0.2, 0) is 0 Å². The Morgan fingerprint density at radius 3 is 2.62 bits per heavy atom. The molecule has 2 N–H and O–H groups in total. The summed E-state index contributed by atoms with van der Waals surface area (Å²) in [4.78, 5) is 0. The zero-order valence-electron chi connectivity index (χ0n) is 6.83. The summed E-state index contributed by atoms with van der Waals surface area (Å²) in [5.74, 6) is -0.337. The fourth-order valence-corrected chi connectivity index (χ4v) is 1.21. The van der Waals surface area contributed by atoms with Gasteiger partial charge in [-0.2, -0.15) is 0 Å². The van der Waals surface area contributed by atoms with Crippen LogP contribution in [0.2, 0.25) is 0 Å². The van der Waals surface area contributed by atoms with Crippen LogP contribution in [0.5, 0.6) is 0 Å². The quantitative estimate of drug-likeness (QED) is 0.680. The Bertz CT molecular complexity index is 389. The molecular weight excluding hydrogens is 169 g/mol. The van der Waals surface area contributed by atoms with Gasteiger partial charge in [-0.3, -0.25) is 0 Å². The van der Waals surface area contributed by atoms with E-state index in [0.717, 1.165) is 11.1 Å².